The Kier molecular flexibility index (Phi) is 6.33. The first-order valence-electron chi connectivity index (χ1n) is 8.72. The van der Waals surface area contributed by atoms with Gasteiger partial charge >= 0.3 is 11.4 Å². The van der Waals surface area contributed by atoms with Crippen molar-refractivity contribution in [3.05, 3.63) is 79.9 Å². The van der Waals surface area contributed by atoms with Crippen LogP contribution in [0.5, 0.6) is 11.5 Å². The number of nitrogens with one attached hydrogen (secondary N) is 2. The van der Waals surface area contributed by atoms with Crippen molar-refractivity contribution in [2.75, 3.05) is 12.5 Å². The maximum absolute atomic E-state index is 11.6. The van der Waals surface area contributed by atoms with E-state index in [1.807, 2.05) is 31.2 Å². The van der Waals surface area contributed by atoms with Crippen LogP contribution < -0.4 is 20.6 Å². The largest absolute Gasteiger partial charge is 0.493 e. The number of nitrogens with zero attached hydrogens (tertiary/aromatic N) is 4. The number of hydrazone groups is 1. The highest BCUT2D eigenvalue weighted by Gasteiger charge is 2.22. The summed E-state index contributed by atoms with van der Waals surface area (Å²) in [5, 5.41) is 21.2. The lowest BCUT2D eigenvalue weighted by atomic mass is 10.1. The first-order valence-corrected chi connectivity index (χ1v) is 8.72. The molecule has 3 aromatic rings. The molecule has 30 heavy (non-hydrogen) atoms. The molecule has 0 spiro atoms. The van der Waals surface area contributed by atoms with Crippen LogP contribution in [-0.2, 0) is 6.61 Å². The van der Waals surface area contributed by atoms with E-state index in [-0.39, 0.29) is 29.6 Å². The lowest BCUT2D eigenvalue weighted by Gasteiger charge is -2.12. The summed E-state index contributed by atoms with van der Waals surface area (Å²) in [5.74, 6) is 0.330. The molecule has 0 bridgehead atoms. The van der Waals surface area contributed by atoms with Crippen LogP contribution in [0.1, 0.15) is 16.7 Å². The number of anilines is 1. The van der Waals surface area contributed by atoms with Crippen LogP contribution in [0.25, 0.3) is 0 Å². The summed E-state index contributed by atoms with van der Waals surface area (Å²) in [6.07, 6.45) is 2.59. The number of benzene rings is 2. The number of hydrogen-bond acceptors (Lipinski definition) is 9. The number of hydrogen-bond donors (Lipinski definition) is 2. The fraction of sp³-hybridized carbons (Fsp3) is 0.158. The van der Waals surface area contributed by atoms with Gasteiger partial charge in [-0.25, -0.2) is 9.89 Å². The van der Waals surface area contributed by atoms with Gasteiger partial charge in [-0.05, 0) is 18.6 Å². The van der Waals surface area contributed by atoms with E-state index in [2.05, 4.69) is 25.7 Å². The third-order valence-electron chi connectivity index (χ3n) is 3.94. The zero-order valence-corrected chi connectivity index (χ0v) is 16.2. The minimum absolute atomic E-state index is 0.0219. The van der Waals surface area contributed by atoms with Crippen LogP contribution in [0.4, 0.5) is 11.5 Å². The third-order valence-corrected chi connectivity index (χ3v) is 3.94. The second-order valence-corrected chi connectivity index (χ2v) is 6.14. The maximum Gasteiger partial charge on any atom is 0.363 e. The molecule has 2 aromatic carbocycles. The Bertz CT molecular complexity index is 1130. The normalized spacial score (nSPS) is 10.7. The fourth-order valence-corrected chi connectivity index (χ4v) is 2.49. The maximum atomic E-state index is 11.6. The van der Waals surface area contributed by atoms with Crippen LogP contribution in [-0.4, -0.2) is 33.4 Å². The first-order chi connectivity index (χ1) is 14.5. The number of aromatic amines is 1. The van der Waals surface area contributed by atoms with E-state index in [1.165, 1.54) is 25.6 Å². The SMILES string of the molecule is COc1cc(/C=N/Nc2cn[nH]c(=O)n2)cc([N+](=O)[O-])c1OCc1ccc(C)cc1. The van der Waals surface area contributed by atoms with Crippen molar-refractivity contribution in [3.63, 3.8) is 0 Å². The van der Waals surface area contributed by atoms with Gasteiger partial charge in [-0.15, -0.1) is 0 Å². The van der Waals surface area contributed by atoms with Gasteiger partial charge in [-0.1, -0.05) is 29.8 Å². The molecule has 3 rings (SSSR count). The van der Waals surface area contributed by atoms with Crippen molar-refractivity contribution >= 4 is 17.7 Å². The van der Waals surface area contributed by atoms with Crippen molar-refractivity contribution in [1.82, 2.24) is 15.2 Å². The fourth-order valence-electron chi connectivity index (χ4n) is 2.49. The summed E-state index contributed by atoms with van der Waals surface area (Å²) in [5.41, 5.74) is 3.97. The summed E-state index contributed by atoms with van der Waals surface area (Å²) in [4.78, 5) is 25.8. The Morgan fingerprint density at radius 2 is 2.07 bits per heavy atom. The van der Waals surface area contributed by atoms with Crippen LogP contribution in [0, 0.1) is 17.0 Å². The smallest absolute Gasteiger partial charge is 0.363 e. The molecule has 11 nitrogen and oxygen atoms in total. The van der Waals surface area contributed by atoms with Gasteiger partial charge in [0.05, 0.1) is 24.4 Å². The van der Waals surface area contributed by atoms with Gasteiger partial charge in [0.15, 0.2) is 11.6 Å². The molecule has 0 aliphatic rings. The molecule has 0 radical (unpaired) electrons. The lowest BCUT2D eigenvalue weighted by molar-refractivity contribution is -0.386. The van der Waals surface area contributed by atoms with Crippen LogP contribution >= 0.6 is 0 Å². The number of aromatic nitrogens is 3. The van der Waals surface area contributed by atoms with Gasteiger partial charge in [-0.3, -0.25) is 15.5 Å². The first kappa shape index (κ1) is 20.5. The molecule has 0 unspecified atom stereocenters. The molecule has 154 valence electrons. The molecule has 0 amide bonds. The van der Waals surface area contributed by atoms with E-state index in [0.717, 1.165) is 11.1 Å². The minimum Gasteiger partial charge on any atom is -0.493 e. The Morgan fingerprint density at radius 1 is 1.30 bits per heavy atom. The van der Waals surface area contributed by atoms with Gasteiger partial charge in [0.2, 0.25) is 5.75 Å². The highest BCUT2D eigenvalue weighted by atomic mass is 16.6. The summed E-state index contributed by atoms with van der Waals surface area (Å²) in [6, 6.07) is 10.5. The van der Waals surface area contributed by atoms with E-state index in [9.17, 15) is 14.9 Å². The van der Waals surface area contributed by atoms with Gasteiger partial charge in [0.1, 0.15) is 6.61 Å². The van der Waals surface area contributed by atoms with Gasteiger partial charge in [-0.2, -0.15) is 15.2 Å². The zero-order chi connectivity index (χ0) is 21.5. The van der Waals surface area contributed by atoms with Gasteiger partial charge in [0, 0.05) is 11.6 Å². The monoisotopic (exact) mass is 410 g/mol. The van der Waals surface area contributed by atoms with E-state index in [0.29, 0.717) is 5.56 Å². The second-order valence-electron chi connectivity index (χ2n) is 6.14. The summed E-state index contributed by atoms with van der Waals surface area (Å²) >= 11 is 0. The highest BCUT2D eigenvalue weighted by Crippen LogP contribution is 2.38. The van der Waals surface area contributed by atoms with Crippen molar-refractivity contribution in [2.24, 2.45) is 5.10 Å². The number of methoxy groups -OCH3 is 1. The van der Waals surface area contributed by atoms with Gasteiger partial charge < -0.3 is 9.47 Å². The zero-order valence-electron chi connectivity index (χ0n) is 16.2. The number of rotatable bonds is 8. The Hall–Kier alpha value is -4.28. The molecule has 1 aromatic heterocycles. The Balaban J connectivity index is 1.83. The molecule has 0 aliphatic heterocycles. The Morgan fingerprint density at radius 3 is 2.73 bits per heavy atom. The molecule has 11 heteroatoms. The van der Waals surface area contributed by atoms with Crippen molar-refractivity contribution in [3.8, 4) is 11.5 Å². The summed E-state index contributed by atoms with van der Waals surface area (Å²) in [7, 11) is 1.39. The van der Waals surface area contributed by atoms with Gasteiger partial charge in [0.25, 0.3) is 0 Å². The van der Waals surface area contributed by atoms with E-state index < -0.39 is 10.6 Å². The molecule has 0 atom stereocenters. The summed E-state index contributed by atoms with van der Waals surface area (Å²) < 4.78 is 11.0. The number of nitro groups is 1. The van der Waals surface area contributed by atoms with Crippen LogP contribution in [0.3, 0.4) is 0 Å². The molecule has 0 fully saturated rings. The number of ether oxygens (including phenoxy) is 2. The molecular weight excluding hydrogens is 392 g/mol. The molecule has 0 saturated carbocycles. The van der Waals surface area contributed by atoms with Crippen molar-refractivity contribution in [1.29, 1.82) is 0 Å². The number of H-pyrrole nitrogens is 1. The molecular formula is C19H18N6O5. The van der Waals surface area contributed by atoms with E-state index in [1.54, 1.807) is 6.07 Å². The predicted molar refractivity (Wildman–Crippen MR) is 109 cm³/mol. The third kappa shape index (κ3) is 5.16. The topological polar surface area (TPSA) is 145 Å². The number of nitro benzene ring substituents is 1. The average molecular weight is 410 g/mol. The number of aryl methyl sites for hydroxylation is 1. The predicted octanol–water partition coefficient (Wildman–Crippen LogP) is 2.42. The van der Waals surface area contributed by atoms with Crippen LogP contribution in [0.15, 0.2) is 52.5 Å². The second kappa shape index (κ2) is 9.28. The Labute approximate surface area is 170 Å². The molecule has 1 heterocycles. The quantitative estimate of drug-likeness (QED) is 0.327. The standard InChI is InChI=1S/C19H18N6O5/c1-12-3-5-13(6-4-12)11-30-18-15(25(27)28)7-14(8-16(18)29-2)9-20-23-17-10-21-24-19(26)22-17/h3-10H,11H2,1-2H3,(H2,22,23,24,26)/b20-9+. The molecule has 2 N–H and O–H groups in total. The van der Waals surface area contributed by atoms with E-state index >= 15 is 0 Å². The van der Waals surface area contributed by atoms with Crippen molar-refractivity contribution in [2.45, 2.75) is 13.5 Å². The molecule has 0 saturated heterocycles. The lowest BCUT2D eigenvalue weighted by Crippen LogP contribution is -2.13. The van der Waals surface area contributed by atoms with Crippen LogP contribution in [0.2, 0.25) is 0 Å². The van der Waals surface area contributed by atoms with Crippen molar-refractivity contribution < 1.29 is 14.4 Å². The summed E-state index contributed by atoms with van der Waals surface area (Å²) in [6.45, 7) is 2.11. The highest BCUT2D eigenvalue weighted by molar-refractivity contribution is 5.83. The average Bonchev–Trinajstić information content (AvgIpc) is 2.73. The van der Waals surface area contributed by atoms with E-state index in [4.69, 9.17) is 9.47 Å². The minimum atomic E-state index is -0.636. The molecule has 0 aliphatic carbocycles.